The summed E-state index contributed by atoms with van der Waals surface area (Å²) in [5.41, 5.74) is 11.4. The van der Waals surface area contributed by atoms with Gasteiger partial charge in [-0.2, -0.15) is 4.31 Å². The maximum absolute atomic E-state index is 12.4. The number of phosphoric ester groups is 2. The highest BCUT2D eigenvalue weighted by Crippen LogP contribution is 2.60. The number of anilines is 1. The topological polar surface area (TPSA) is 317 Å². The van der Waals surface area contributed by atoms with Gasteiger partial charge in [-0.15, -0.1) is 0 Å². The molecule has 3 aliphatic rings. The fraction of sp³-hybridized carbons (Fsp3) is 0.524. The van der Waals surface area contributed by atoms with Crippen LogP contribution in [0.15, 0.2) is 24.8 Å². The first-order valence-corrected chi connectivity index (χ1v) is 15.7. The molecule has 2 aromatic rings. The lowest BCUT2D eigenvalue weighted by atomic mass is 10.1. The molecule has 23 heteroatoms. The lowest BCUT2D eigenvalue weighted by molar-refractivity contribution is -0.585. The number of allylic oxidation sites excluding steroid dienone is 1. The van der Waals surface area contributed by atoms with E-state index in [1.165, 1.54) is 40.4 Å². The Bertz CT molecular complexity index is 1560. The molecule has 3 aliphatic heterocycles. The lowest BCUT2D eigenvalue weighted by Crippen LogP contribution is -2.41. The fourth-order valence-corrected chi connectivity index (χ4v) is 6.76. The highest BCUT2D eigenvalue weighted by atomic mass is 31.3. The van der Waals surface area contributed by atoms with Crippen molar-refractivity contribution in [1.82, 2.24) is 19.5 Å². The van der Waals surface area contributed by atoms with Crippen LogP contribution in [0.25, 0.3) is 11.2 Å². The highest BCUT2D eigenvalue weighted by molar-refractivity contribution is 7.61. The minimum absolute atomic E-state index is 0.0514. The second kappa shape index (κ2) is 12.5. The van der Waals surface area contributed by atoms with Crippen LogP contribution < -0.4 is 11.5 Å². The van der Waals surface area contributed by atoms with Crippen LogP contribution in [-0.4, -0.2) is 122 Å². The smallest absolute Gasteiger partial charge is 0.387 e. The monoisotopic (exact) mass is 665 g/mol. The molecule has 10 N–H and O–H groups in total. The van der Waals surface area contributed by atoms with Gasteiger partial charge in [-0.1, -0.05) is 12.2 Å². The summed E-state index contributed by atoms with van der Waals surface area (Å²) in [5, 5.41) is 41.6. The minimum atomic E-state index is -5.37. The van der Waals surface area contributed by atoms with Gasteiger partial charge in [-0.05, 0) is 0 Å². The van der Waals surface area contributed by atoms with Crippen LogP contribution >= 0.6 is 15.6 Å². The Hall–Kier alpha value is -2.88. The summed E-state index contributed by atoms with van der Waals surface area (Å²) in [6.45, 7) is -0.454. The SMILES string of the molecule is NC(=O)C1C=CC=[N+]([C@@H]2O[C@H](COP(=O)(O)OP(=O)(O)OC[C@H]3O[C@@H](n4cnc5c(N)ncnc54)[C@H](O)[C@@H]3O)[C@@H](O)[C@H]2O)[CH-]1. The molecule has 0 bridgehead atoms. The maximum atomic E-state index is 12.4. The fourth-order valence-electron chi connectivity index (χ4n) is 4.67. The Morgan fingerprint density at radius 3 is 2.30 bits per heavy atom. The summed E-state index contributed by atoms with van der Waals surface area (Å²) in [6, 6.07) is 0. The van der Waals surface area contributed by atoms with Gasteiger partial charge in [0.1, 0.15) is 42.4 Å². The number of hydrogen-bond acceptors (Lipinski definition) is 16. The van der Waals surface area contributed by atoms with E-state index in [2.05, 4.69) is 23.8 Å². The summed E-state index contributed by atoms with van der Waals surface area (Å²) in [4.78, 5) is 43.4. The standard InChI is InChI=1S/C21H29N7O14P2/c22-17-12-19(25-7-24-17)28(8-26-12)21-16(32)14(30)11(41-21)6-39-44(36,37)42-43(34,35)38-5-10-13(29)15(31)20(40-10)27-3-1-2-9(4-27)18(23)33/h1-4,7-11,13-16,20-21,29-32H,5-6H2,(H2,23,33)(H,34,35)(H,36,37)(H2,22,24,25)/t9?,10-,11-,13-,14-,15-,16-,20-,21-/m1/s1. The Morgan fingerprint density at radius 1 is 1.00 bits per heavy atom. The van der Waals surface area contributed by atoms with Gasteiger partial charge >= 0.3 is 15.6 Å². The van der Waals surface area contributed by atoms with Crippen LogP contribution in [0.1, 0.15) is 6.23 Å². The number of primary amides is 1. The van der Waals surface area contributed by atoms with Crippen LogP contribution in [0, 0.1) is 12.5 Å². The summed E-state index contributed by atoms with van der Waals surface area (Å²) < 4.78 is 52.1. The molecule has 21 nitrogen and oxygen atoms in total. The highest BCUT2D eigenvalue weighted by Gasteiger charge is 2.50. The predicted octanol–water partition coefficient (Wildman–Crippen LogP) is -3.36. The number of phosphoric acid groups is 2. The van der Waals surface area contributed by atoms with E-state index in [0.29, 0.717) is 0 Å². The van der Waals surface area contributed by atoms with Gasteiger partial charge in [0, 0.05) is 12.8 Å². The van der Waals surface area contributed by atoms with E-state index in [1.54, 1.807) is 0 Å². The number of rotatable bonds is 11. The molecule has 2 fully saturated rings. The van der Waals surface area contributed by atoms with Crippen molar-refractivity contribution in [2.45, 2.75) is 49.1 Å². The molecule has 2 aromatic heterocycles. The molecule has 3 unspecified atom stereocenters. The molecule has 0 spiro atoms. The van der Waals surface area contributed by atoms with Gasteiger partial charge in [0.15, 0.2) is 23.8 Å². The number of amides is 1. The lowest BCUT2D eigenvalue weighted by Gasteiger charge is -2.24. The van der Waals surface area contributed by atoms with Gasteiger partial charge in [0.05, 0.1) is 25.5 Å². The molecular weight excluding hydrogens is 636 g/mol. The Labute approximate surface area is 247 Å². The third kappa shape index (κ3) is 6.70. The molecule has 44 heavy (non-hydrogen) atoms. The minimum Gasteiger partial charge on any atom is -0.387 e. The molecule has 0 aliphatic carbocycles. The molecule has 5 rings (SSSR count). The average molecular weight is 665 g/mol. The van der Waals surface area contributed by atoms with Gasteiger partial charge in [0.25, 0.3) is 6.23 Å². The molecule has 2 saturated heterocycles. The second-order valence-corrected chi connectivity index (χ2v) is 12.9. The summed E-state index contributed by atoms with van der Waals surface area (Å²) in [5.74, 6) is -1.45. The zero-order valence-electron chi connectivity index (χ0n) is 22.3. The van der Waals surface area contributed by atoms with Gasteiger partial charge < -0.3 is 55.7 Å². The van der Waals surface area contributed by atoms with Crippen molar-refractivity contribution < 1.29 is 71.5 Å². The van der Waals surface area contributed by atoms with Crippen molar-refractivity contribution in [3.63, 3.8) is 0 Å². The molecule has 5 heterocycles. The van der Waals surface area contributed by atoms with Crippen LogP contribution in [0.2, 0.25) is 0 Å². The zero-order valence-corrected chi connectivity index (χ0v) is 24.1. The number of nitrogen functional groups attached to an aromatic ring is 1. The molecule has 242 valence electrons. The van der Waals surface area contributed by atoms with E-state index in [9.17, 15) is 44.1 Å². The van der Waals surface area contributed by atoms with Crippen molar-refractivity contribution in [3.05, 3.63) is 31.4 Å². The molecule has 0 aromatic carbocycles. The number of carbonyl (C=O) groups is 1. The summed E-state index contributed by atoms with van der Waals surface area (Å²) >= 11 is 0. The average Bonchev–Trinajstić information content (AvgIpc) is 3.61. The van der Waals surface area contributed by atoms with Crippen LogP contribution in [0.3, 0.4) is 0 Å². The first-order chi connectivity index (χ1) is 20.7. The molecule has 0 radical (unpaired) electrons. The van der Waals surface area contributed by atoms with Crippen molar-refractivity contribution in [3.8, 4) is 0 Å². The molecule has 1 amide bonds. The van der Waals surface area contributed by atoms with Crippen LogP contribution in [-0.2, 0) is 36.8 Å². The third-order valence-corrected chi connectivity index (χ3v) is 9.48. The number of carbonyl (C=O) groups excluding carboxylic acids is 1. The number of nitrogens with two attached hydrogens (primary N) is 2. The Morgan fingerprint density at radius 2 is 1.64 bits per heavy atom. The second-order valence-electron chi connectivity index (χ2n) is 9.84. The number of nitrogens with zero attached hydrogens (tertiary/aromatic N) is 5. The van der Waals surface area contributed by atoms with E-state index in [-0.39, 0.29) is 17.0 Å². The number of aliphatic hydroxyl groups is 4. The zero-order chi connectivity index (χ0) is 32.0. The van der Waals surface area contributed by atoms with Crippen molar-refractivity contribution >= 4 is 44.7 Å². The maximum Gasteiger partial charge on any atom is 0.481 e. The Balaban J connectivity index is 1.14. The largest absolute Gasteiger partial charge is 0.481 e. The van der Waals surface area contributed by atoms with Crippen molar-refractivity contribution in [2.75, 3.05) is 18.9 Å². The third-order valence-electron chi connectivity index (χ3n) is 6.88. The van der Waals surface area contributed by atoms with E-state index in [4.69, 9.17) is 25.5 Å². The summed E-state index contributed by atoms with van der Waals surface area (Å²) in [7, 11) is -10.7. The molecule has 0 saturated carbocycles. The number of imidazole rings is 1. The van der Waals surface area contributed by atoms with Gasteiger partial charge in [-0.3, -0.25) is 18.4 Å². The Kier molecular flexibility index (Phi) is 9.23. The first-order valence-electron chi connectivity index (χ1n) is 12.7. The van der Waals surface area contributed by atoms with E-state index < -0.39 is 89.8 Å². The van der Waals surface area contributed by atoms with Crippen LogP contribution in [0.4, 0.5) is 5.82 Å². The molecular formula is C21H29N7O14P2. The van der Waals surface area contributed by atoms with Crippen molar-refractivity contribution in [1.29, 1.82) is 0 Å². The number of ether oxygens (including phenoxy) is 2. The normalized spacial score (nSPS) is 34.8. The number of hydrogen-bond donors (Lipinski definition) is 8. The van der Waals surface area contributed by atoms with Gasteiger partial charge in [-0.25, -0.2) is 24.1 Å². The quantitative estimate of drug-likeness (QED) is 0.0660. The van der Waals surface area contributed by atoms with Gasteiger partial charge in [0.2, 0.25) is 5.91 Å². The van der Waals surface area contributed by atoms with Crippen molar-refractivity contribution in [2.24, 2.45) is 11.7 Å². The number of fused-ring (bicyclic) bond motifs is 1. The van der Waals surface area contributed by atoms with E-state index in [1.807, 2.05) is 0 Å². The summed E-state index contributed by atoms with van der Waals surface area (Å²) in [6.07, 6.45) is -5.06. The molecule has 11 atom stereocenters. The number of aromatic nitrogens is 4. The van der Waals surface area contributed by atoms with E-state index >= 15 is 0 Å². The first kappa shape index (κ1) is 32.5. The number of aliphatic hydroxyl groups excluding tert-OH is 4. The van der Waals surface area contributed by atoms with Crippen LogP contribution in [0.5, 0.6) is 0 Å². The van der Waals surface area contributed by atoms with E-state index in [0.717, 1.165) is 6.33 Å². The predicted molar refractivity (Wildman–Crippen MR) is 141 cm³/mol.